The molecule has 0 saturated carbocycles. The van der Waals surface area contributed by atoms with Crippen molar-refractivity contribution in [2.24, 2.45) is 7.05 Å². The van der Waals surface area contributed by atoms with Crippen LogP contribution < -0.4 is 0 Å². The molecule has 12 heteroatoms. The van der Waals surface area contributed by atoms with Crippen LogP contribution in [0.5, 0.6) is 0 Å². The molecule has 10 nitrogen and oxygen atoms in total. The van der Waals surface area contributed by atoms with Gasteiger partial charge in [0.1, 0.15) is 5.82 Å². The monoisotopic (exact) mass is 511 g/mol. The van der Waals surface area contributed by atoms with Crippen molar-refractivity contribution in [2.45, 2.75) is 24.0 Å². The van der Waals surface area contributed by atoms with Crippen LogP contribution >= 0.6 is 0 Å². The second kappa shape index (κ2) is 8.73. The fraction of sp³-hybridized carbons (Fsp3) is 0.375. The van der Waals surface area contributed by atoms with Crippen LogP contribution in [-0.4, -0.2) is 81.3 Å². The van der Waals surface area contributed by atoms with Gasteiger partial charge < -0.3 is 4.74 Å². The maximum absolute atomic E-state index is 13.4. The first-order chi connectivity index (χ1) is 17.3. The number of benzene rings is 2. The van der Waals surface area contributed by atoms with Gasteiger partial charge in [-0.15, -0.1) is 5.10 Å². The van der Waals surface area contributed by atoms with Gasteiger partial charge in [0.15, 0.2) is 0 Å². The highest BCUT2D eigenvalue weighted by Crippen LogP contribution is 2.35. The van der Waals surface area contributed by atoms with Crippen LogP contribution in [-0.2, 0) is 21.8 Å². The summed E-state index contributed by atoms with van der Waals surface area (Å²) >= 11 is 0. The Balaban J connectivity index is 1.38. The molecule has 0 spiro atoms. The molecule has 0 bridgehead atoms. The maximum atomic E-state index is 13.4. The fourth-order valence-electron chi connectivity index (χ4n) is 5.04. The highest BCUT2D eigenvalue weighted by Gasteiger charge is 2.41. The molecule has 2 saturated heterocycles. The van der Waals surface area contributed by atoms with E-state index < -0.39 is 10.0 Å². The number of nitrogens with zero attached hydrogens (tertiary/aromatic N) is 7. The summed E-state index contributed by atoms with van der Waals surface area (Å²) < 4.78 is 48.9. The van der Waals surface area contributed by atoms with Crippen molar-refractivity contribution in [1.29, 1.82) is 0 Å². The van der Waals surface area contributed by atoms with Crippen molar-refractivity contribution in [2.75, 3.05) is 32.8 Å². The van der Waals surface area contributed by atoms with E-state index in [2.05, 4.69) is 32.3 Å². The van der Waals surface area contributed by atoms with E-state index in [1.165, 1.54) is 27.4 Å². The number of sulfonamides is 1. The fourth-order valence-corrected chi connectivity index (χ4v) is 6.37. The molecule has 2 aromatic heterocycles. The lowest BCUT2D eigenvalue weighted by atomic mass is 9.95. The third kappa shape index (κ3) is 3.90. The van der Waals surface area contributed by atoms with Gasteiger partial charge in [0.05, 0.1) is 42.9 Å². The molecule has 0 N–H and O–H groups in total. The third-order valence-electron chi connectivity index (χ3n) is 7.04. The van der Waals surface area contributed by atoms with Crippen LogP contribution in [0.4, 0.5) is 4.39 Å². The first-order valence-corrected chi connectivity index (χ1v) is 13.2. The van der Waals surface area contributed by atoms with Crippen molar-refractivity contribution in [3.63, 3.8) is 0 Å². The van der Waals surface area contributed by atoms with Gasteiger partial charge in [-0.1, -0.05) is 0 Å². The summed E-state index contributed by atoms with van der Waals surface area (Å²) in [5.41, 5.74) is 3.75. The molecule has 36 heavy (non-hydrogen) atoms. The smallest absolute Gasteiger partial charge is 0.264 e. The Hall–Kier alpha value is -3.19. The summed E-state index contributed by atoms with van der Waals surface area (Å²) in [5, 5.41) is 13.4. The Morgan fingerprint density at radius 2 is 1.83 bits per heavy atom. The summed E-state index contributed by atoms with van der Waals surface area (Å²) in [6.45, 7) is 4.56. The Kier molecular flexibility index (Phi) is 5.63. The Labute approximate surface area is 207 Å². The van der Waals surface area contributed by atoms with Gasteiger partial charge in [-0.2, -0.15) is 19.3 Å². The lowest BCUT2D eigenvalue weighted by Crippen LogP contribution is -2.58. The average molecular weight is 512 g/mol. The van der Waals surface area contributed by atoms with E-state index in [4.69, 9.17) is 4.74 Å². The summed E-state index contributed by atoms with van der Waals surface area (Å²) in [5.74, 6) is -0.299. The normalized spacial score (nSPS) is 20.1. The molecule has 0 aliphatic carbocycles. The van der Waals surface area contributed by atoms with Crippen molar-refractivity contribution in [3.8, 4) is 5.69 Å². The highest BCUT2D eigenvalue weighted by molar-refractivity contribution is 7.89. The van der Waals surface area contributed by atoms with E-state index in [1.807, 2.05) is 6.92 Å². The molecular weight excluding hydrogens is 485 g/mol. The summed E-state index contributed by atoms with van der Waals surface area (Å²) in [6, 6.07) is 10.5. The maximum Gasteiger partial charge on any atom is 0.264 e. The highest BCUT2D eigenvalue weighted by atomic mass is 32.2. The molecule has 6 rings (SSSR count). The molecule has 1 atom stereocenters. The number of aryl methyl sites for hydroxylation is 2. The topological polar surface area (TPSA) is 98.4 Å². The van der Waals surface area contributed by atoms with Gasteiger partial charge in [0.25, 0.3) is 10.0 Å². The van der Waals surface area contributed by atoms with Gasteiger partial charge in [0, 0.05) is 38.1 Å². The van der Waals surface area contributed by atoms with Crippen LogP contribution in [0.15, 0.2) is 53.8 Å². The minimum Gasteiger partial charge on any atom is -0.378 e. The van der Waals surface area contributed by atoms with Crippen molar-refractivity contribution in [3.05, 3.63) is 65.7 Å². The Morgan fingerprint density at radius 3 is 2.50 bits per heavy atom. The molecule has 4 heterocycles. The van der Waals surface area contributed by atoms with Gasteiger partial charge >= 0.3 is 0 Å². The van der Waals surface area contributed by atoms with E-state index >= 15 is 0 Å². The van der Waals surface area contributed by atoms with Crippen LogP contribution in [0.3, 0.4) is 0 Å². The second-order valence-electron chi connectivity index (χ2n) is 9.28. The third-order valence-corrected chi connectivity index (χ3v) is 8.77. The SMILES string of the molecule is Cc1cc2c(cnn2-c2ccc(F)cc2)cc1C1CN(S(=O)(=O)c2cnn(C)n2)CCN1C1COC1. The van der Waals surface area contributed by atoms with E-state index in [1.54, 1.807) is 30.1 Å². The van der Waals surface area contributed by atoms with Gasteiger partial charge in [0.2, 0.25) is 5.03 Å². The number of hydrogen-bond acceptors (Lipinski definition) is 7. The molecule has 188 valence electrons. The number of ether oxygens (including phenoxy) is 1. The number of halogens is 1. The van der Waals surface area contributed by atoms with E-state index in [-0.39, 0.29) is 22.9 Å². The zero-order valence-corrected chi connectivity index (χ0v) is 20.8. The van der Waals surface area contributed by atoms with Crippen LogP contribution in [0.1, 0.15) is 17.2 Å². The van der Waals surface area contributed by atoms with Gasteiger partial charge in [-0.3, -0.25) is 4.90 Å². The summed E-state index contributed by atoms with van der Waals surface area (Å²) in [7, 11) is -2.18. The van der Waals surface area contributed by atoms with Crippen LogP contribution in [0.2, 0.25) is 0 Å². The Bertz CT molecular complexity index is 1530. The predicted octanol–water partition coefficient (Wildman–Crippen LogP) is 2.05. The quantitative estimate of drug-likeness (QED) is 0.404. The molecular formula is C24H26FN7O3S. The standard InChI is InChI=1S/C24H26FN7O3S/c1-16-9-22-17(11-27-32(22)19-5-3-18(25)4-6-19)10-21(16)23-13-30(7-8-31(23)20-14-35-15-20)36(33,34)24-12-26-29(2)28-24/h3-6,9-12,20,23H,7-8,13-15H2,1-2H3. The number of piperazine rings is 1. The molecule has 2 aliphatic rings. The Morgan fingerprint density at radius 1 is 1.06 bits per heavy atom. The van der Waals surface area contributed by atoms with Crippen molar-refractivity contribution < 1.29 is 17.5 Å². The molecule has 4 aromatic rings. The molecule has 0 radical (unpaired) electrons. The number of rotatable bonds is 5. The molecule has 1 unspecified atom stereocenters. The molecule has 2 aliphatic heterocycles. The van der Waals surface area contributed by atoms with Gasteiger partial charge in [-0.25, -0.2) is 17.5 Å². The lowest BCUT2D eigenvalue weighted by molar-refractivity contribution is -0.0912. The average Bonchev–Trinajstić information content (AvgIpc) is 3.45. The minimum absolute atomic E-state index is 0.0445. The van der Waals surface area contributed by atoms with E-state index in [9.17, 15) is 12.8 Å². The predicted molar refractivity (Wildman–Crippen MR) is 130 cm³/mol. The zero-order chi connectivity index (χ0) is 25.0. The van der Waals surface area contributed by atoms with Crippen molar-refractivity contribution in [1.82, 2.24) is 34.0 Å². The molecule has 2 fully saturated rings. The molecule has 2 aromatic carbocycles. The lowest BCUT2D eigenvalue weighted by Gasteiger charge is -2.47. The first-order valence-electron chi connectivity index (χ1n) is 11.8. The zero-order valence-electron chi connectivity index (χ0n) is 20.0. The number of aromatic nitrogens is 5. The van der Waals surface area contributed by atoms with E-state index in [0.29, 0.717) is 32.8 Å². The summed E-state index contributed by atoms with van der Waals surface area (Å²) in [4.78, 5) is 3.61. The minimum atomic E-state index is -3.78. The first kappa shape index (κ1) is 23.2. The number of hydrogen-bond donors (Lipinski definition) is 0. The molecule has 0 amide bonds. The van der Waals surface area contributed by atoms with Gasteiger partial charge in [-0.05, 0) is 54.4 Å². The van der Waals surface area contributed by atoms with Crippen LogP contribution in [0.25, 0.3) is 16.6 Å². The van der Waals surface area contributed by atoms with E-state index in [0.717, 1.165) is 27.7 Å². The second-order valence-corrected chi connectivity index (χ2v) is 11.2. The van der Waals surface area contributed by atoms with Crippen LogP contribution in [0, 0.1) is 12.7 Å². The largest absolute Gasteiger partial charge is 0.378 e. The number of fused-ring (bicyclic) bond motifs is 1. The van der Waals surface area contributed by atoms with Crippen molar-refractivity contribution >= 4 is 20.9 Å². The summed E-state index contributed by atoms with van der Waals surface area (Å²) in [6.07, 6.45) is 3.08.